The van der Waals surface area contributed by atoms with Gasteiger partial charge in [-0.15, -0.1) is 0 Å². The van der Waals surface area contributed by atoms with Gasteiger partial charge in [0.25, 0.3) is 0 Å². The average Bonchev–Trinajstić information content (AvgIpc) is 3.17. The van der Waals surface area contributed by atoms with Gasteiger partial charge in [-0.3, -0.25) is 0 Å². The smallest absolute Gasteiger partial charge is 0.0314 e. The molecular formula is C51H74N2. The Labute approximate surface area is 325 Å². The van der Waals surface area contributed by atoms with Gasteiger partial charge in [0.05, 0.1) is 0 Å². The SMILES string of the molecule is CCCCCCc1cc(Cc2ccc(N)cc2)ccc1CCCCCCCCCCCCCc1ccc(Cc2ccc(N)cc2)cc1CCCCCC. The Bertz CT molecular complexity index is 1420. The van der Waals surface area contributed by atoms with Crippen LogP contribution in [0.15, 0.2) is 84.9 Å². The lowest BCUT2D eigenvalue weighted by Gasteiger charge is -2.13. The molecule has 0 unspecified atom stereocenters. The zero-order valence-corrected chi connectivity index (χ0v) is 33.9. The van der Waals surface area contributed by atoms with Crippen LogP contribution in [0.2, 0.25) is 0 Å². The van der Waals surface area contributed by atoms with Gasteiger partial charge in [-0.25, -0.2) is 0 Å². The monoisotopic (exact) mass is 715 g/mol. The summed E-state index contributed by atoms with van der Waals surface area (Å²) >= 11 is 0. The summed E-state index contributed by atoms with van der Waals surface area (Å²) in [5, 5.41) is 0. The second kappa shape index (κ2) is 25.5. The normalized spacial score (nSPS) is 11.4. The molecule has 4 N–H and O–H groups in total. The Balaban J connectivity index is 1.08. The first kappa shape index (κ1) is 42.2. The van der Waals surface area contributed by atoms with Crippen LogP contribution in [-0.2, 0) is 38.5 Å². The zero-order chi connectivity index (χ0) is 37.4. The molecular weight excluding hydrogens is 641 g/mol. The third-order valence-corrected chi connectivity index (χ3v) is 11.3. The Morgan fingerprint density at radius 2 is 0.585 bits per heavy atom. The van der Waals surface area contributed by atoms with Crippen molar-refractivity contribution >= 4 is 11.4 Å². The Hall–Kier alpha value is -3.52. The lowest BCUT2D eigenvalue weighted by atomic mass is 9.93. The molecule has 4 aromatic rings. The lowest BCUT2D eigenvalue weighted by molar-refractivity contribution is 0.545. The molecule has 0 bridgehead atoms. The van der Waals surface area contributed by atoms with Crippen molar-refractivity contribution in [3.63, 3.8) is 0 Å². The van der Waals surface area contributed by atoms with Crippen molar-refractivity contribution in [2.24, 2.45) is 0 Å². The van der Waals surface area contributed by atoms with Crippen LogP contribution in [0.3, 0.4) is 0 Å². The van der Waals surface area contributed by atoms with E-state index in [1.54, 1.807) is 22.3 Å². The van der Waals surface area contributed by atoms with E-state index in [-0.39, 0.29) is 0 Å². The predicted molar refractivity (Wildman–Crippen MR) is 234 cm³/mol. The average molecular weight is 715 g/mol. The van der Waals surface area contributed by atoms with Gasteiger partial charge in [0.1, 0.15) is 0 Å². The Kier molecular flexibility index (Phi) is 20.3. The van der Waals surface area contributed by atoms with Gasteiger partial charge in [-0.2, -0.15) is 0 Å². The molecule has 0 aromatic heterocycles. The third kappa shape index (κ3) is 17.0. The zero-order valence-electron chi connectivity index (χ0n) is 33.9. The molecule has 0 aliphatic rings. The van der Waals surface area contributed by atoms with Gasteiger partial charge in [0, 0.05) is 11.4 Å². The number of nitrogen functional groups attached to an aromatic ring is 2. The first-order valence-electron chi connectivity index (χ1n) is 21.9. The molecule has 0 amide bonds. The fourth-order valence-corrected chi connectivity index (χ4v) is 7.98. The number of nitrogens with two attached hydrogens (primary N) is 2. The van der Waals surface area contributed by atoms with E-state index < -0.39 is 0 Å². The van der Waals surface area contributed by atoms with Crippen molar-refractivity contribution in [1.29, 1.82) is 0 Å². The number of rotatable bonds is 28. The number of benzene rings is 4. The number of unbranched alkanes of at least 4 members (excludes halogenated alkanes) is 16. The van der Waals surface area contributed by atoms with Crippen molar-refractivity contribution in [3.8, 4) is 0 Å². The van der Waals surface area contributed by atoms with Crippen molar-refractivity contribution in [1.82, 2.24) is 0 Å². The van der Waals surface area contributed by atoms with Crippen LogP contribution in [0.5, 0.6) is 0 Å². The van der Waals surface area contributed by atoms with Crippen LogP contribution in [-0.4, -0.2) is 0 Å². The second-order valence-corrected chi connectivity index (χ2v) is 16.1. The molecule has 0 atom stereocenters. The van der Waals surface area contributed by atoms with Crippen LogP contribution in [0.4, 0.5) is 11.4 Å². The highest BCUT2D eigenvalue weighted by Crippen LogP contribution is 2.23. The lowest BCUT2D eigenvalue weighted by Crippen LogP contribution is -1.99. The van der Waals surface area contributed by atoms with Crippen molar-refractivity contribution in [2.75, 3.05) is 11.5 Å². The Morgan fingerprint density at radius 3 is 0.925 bits per heavy atom. The standard InChI is InChI=1S/C51H74N2/c1-3-5-7-18-24-48-40-44(38-42-28-34-50(52)35-29-42)26-32-46(48)22-20-16-14-12-10-9-11-13-15-17-21-23-47-33-27-45(39-43-30-36-51(53)37-31-43)41-49(47)25-19-8-6-4-2/h26-37,40-41H,3-25,38-39,52-53H2,1-2H3. The van der Waals surface area contributed by atoms with E-state index in [1.165, 1.54) is 170 Å². The molecule has 0 saturated carbocycles. The van der Waals surface area contributed by atoms with E-state index in [0.29, 0.717) is 0 Å². The fraction of sp³-hybridized carbons (Fsp3) is 0.529. The molecule has 0 heterocycles. The number of aryl methyl sites for hydroxylation is 4. The van der Waals surface area contributed by atoms with Gasteiger partial charge in [0.2, 0.25) is 0 Å². The maximum Gasteiger partial charge on any atom is 0.0314 e. The van der Waals surface area contributed by atoms with Crippen LogP contribution in [0, 0.1) is 0 Å². The minimum absolute atomic E-state index is 0.842. The maximum absolute atomic E-state index is 5.91. The maximum atomic E-state index is 5.91. The van der Waals surface area contributed by atoms with E-state index >= 15 is 0 Å². The molecule has 288 valence electrons. The highest BCUT2D eigenvalue weighted by molar-refractivity contribution is 5.43. The van der Waals surface area contributed by atoms with Gasteiger partial charge < -0.3 is 11.5 Å². The largest absolute Gasteiger partial charge is 0.399 e. The summed E-state index contributed by atoms with van der Waals surface area (Å²) in [7, 11) is 0. The summed E-state index contributed by atoms with van der Waals surface area (Å²) in [4.78, 5) is 0. The van der Waals surface area contributed by atoms with Gasteiger partial charge in [0.15, 0.2) is 0 Å². The first-order chi connectivity index (χ1) is 26.0. The quantitative estimate of drug-likeness (QED) is 0.0454. The second-order valence-electron chi connectivity index (χ2n) is 16.1. The summed E-state index contributed by atoms with van der Waals surface area (Å²) in [5.74, 6) is 0. The molecule has 0 fully saturated rings. The number of hydrogen-bond donors (Lipinski definition) is 2. The minimum Gasteiger partial charge on any atom is -0.399 e. The van der Waals surface area contributed by atoms with Gasteiger partial charge >= 0.3 is 0 Å². The van der Waals surface area contributed by atoms with Crippen LogP contribution < -0.4 is 11.5 Å². The summed E-state index contributed by atoms with van der Waals surface area (Å²) in [6.07, 6.45) is 32.7. The minimum atomic E-state index is 0.842. The third-order valence-electron chi connectivity index (χ3n) is 11.3. The summed E-state index contributed by atoms with van der Waals surface area (Å²) < 4.78 is 0. The topological polar surface area (TPSA) is 52.0 Å². The van der Waals surface area contributed by atoms with Crippen LogP contribution in [0.1, 0.15) is 180 Å². The van der Waals surface area contributed by atoms with E-state index in [4.69, 9.17) is 11.5 Å². The van der Waals surface area contributed by atoms with Gasteiger partial charge in [-0.1, -0.05) is 171 Å². The molecule has 4 aromatic carbocycles. The van der Waals surface area contributed by atoms with Crippen LogP contribution >= 0.6 is 0 Å². The summed E-state index contributed by atoms with van der Waals surface area (Å²) in [6.45, 7) is 4.61. The number of hydrogen-bond acceptors (Lipinski definition) is 2. The molecule has 2 nitrogen and oxygen atoms in total. The van der Waals surface area contributed by atoms with E-state index in [0.717, 1.165) is 24.2 Å². The van der Waals surface area contributed by atoms with E-state index in [9.17, 15) is 0 Å². The highest BCUT2D eigenvalue weighted by atomic mass is 14.5. The Morgan fingerprint density at radius 1 is 0.302 bits per heavy atom. The summed E-state index contributed by atoms with van der Waals surface area (Å²) in [6, 6.07) is 31.4. The molecule has 0 aliphatic carbocycles. The van der Waals surface area contributed by atoms with Crippen molar-refractivity contribution < 1.29 is 0 Å². The first-order valence-corrected chi connectivity index (χ1v) is 21.9. The molecule has 4 rings (SSSR count). The molecule has 0 aliphatic heterocycles. The summed E-state index contributed by atoms with van der Waals surface area (Å²) in [5.41, 5.74) is 25.4. The molecule has 0 radical (unpaired) electrons. The van der Waals surface area contributed by atoms with Crippen LogP contribution in [0.25, 0.3) is 0 Å². The molecule has 0 saturated heterocycles. The fourth-order valence-electron chi connectivity index (χ4n) is 7.98. The molecule has 2 heteroatoms. The number of anilines is 2. The van der Waals surface area contributed by atoms with E-state index in [2.05, 4.69) is 74.5 Å². The van der Waals surface area contributed by atoms with Crippen molar-refractivity contribution in [3.05, 3.63) is 129 Å². The van der Waals surface area contributed by atoms with Gasteiger partial charge in [-0.05, 0) is 133 Å². The highest BCUT2D eigenvalue weighted by Gasteiger charge is 2.08. The molecule has 53 heavy (non-hydrogen) atoms. The predicted octanol–water partition coefficient (Wildman–Crippen LogP) is 14.4. The van der Waals surface area contributed by atoms with Crippen molar-refractivity contribution in [2.45, 2.75) is 174 Å². The molecule has 0 spiro atoms. The van der Waals surface area contributed by atoms with E-state index in [1.807, 2.05) is 24.3 Å².